The average molecular weight is 224 g/mol. The normalized spacial score (nSPS) is 11.6. The third-order valence-corrected chi connectivity index (χ3v) is 2.49. The molecule has 1 aromatic heterocycles. The van der Waals surface area contributed by atoms with Gasteiger partial charge in [0.25, 0.3) is 0 Å². The quantitative estimate of drug-likeness (QED) is 0.758. The van der Waals surface area contributed by atoms with E-state index in [0.717, 1.165) is 26.1 Å². The summed E-state index contributed by atoms with van der Waals surface area (Å²) in [6.45, 7) is 7.39. The summed E-state index contributed by atoms with van der Waals surface area (Å²) >= 11 is 0. The van der Waals surface area contributed by atoms with Crippen molar-refractivity contribution in [2.75, 3.05) is 20.6 Å². The fraction of sp³-hybridized carbons (Fsp3) is 0.750. The van der Waals surface area contributed by atoms with E-state index in [0.29, 0.717) is 6.04 Å². The van der Waals surface area contributed by atoms with E-state index in [9.17, 15) is 0 Å². The van der Waals surface area contributed by atoms with Gasteiger partial charge in [-0.05, 0) is 27.1 Å². The summed E-state index contributed by atoms with van der Waals surface area (Å²) in [4.78, 5) is 6.42. The molecule has 0 spiro atoms. The van der Waals surface area contributed by atoms with Crippen LogP contribution in [-0.2, 0) is 13.1 Å². The number of hydrogen-bond donors (Lipinski definition) is 1. The van der Waals surface area contributed by atoms with Gasteiger partial charge in [-0.1, -0.05) is 13.8 Å². The highest BCUT2D eigenvalue weighted by molar-refractivity contribution is 4.98. The molecule has 0 atom stereocenters. The summed E-state index contributed by atoms with van der Waals surface area (Å²) in [5.74, 6) is 0. The summed E-state index contributed by atoms with van der Waals surface area (Å²) < 4.78 is 2.24. The van der Waals surface area contributed by atoms with Crippen LogP contribution in [0, 0.1) is 0 Å². The molecule has 4 nitrogen and oxygen atoms in total. The third-order valence-electron chi connectivity index (χ3n) is 2.49. The van der Waals surface area contributed by atoms with Crippen molar-refractivity contribution >= 4 is 0 Å². The Morgan fingerprint density at radius 1 is 1.44 bits per heavy atom. The van der Waals surface area contributed by atoms with E-state index in [1.807, 2.05) is 12.5 Å². The van der Waals surface area contributed by atoms with Crippen LogP contribution >= 0.6 is 0 Å². The molecule has 0 aliphatic carbocycles. The SMILES string of the molecule is CC(C)NCc1cncn1CCCN(C)C. The Morgan fingerprint density at radius 2 is 2.19 bits per heavy atom. The first kappa shape index (κ1) is 13.2. The fourth-order valence-electron chi connectivity index (χ4n) is 1.56. The van der Waals surface area contributed by atoms with Crippen LogP contribution in [0.3, 0.4) is 0 Å². The van der Waals surface area contributed by atoms with Gasteiger partial charge in [0.1, 0.15) is 0 Å². The molecule has 92 valence electrons. The zero-order chi connectivity index (χ0) is 12.0. The molecule has 0 aromatic carbocycles. The Morgan fingerprint density at radius 3 is 2.81 bits per heavy atom. The first-order valence-electron chi connectivity index (χ1n) is 5.96. The molecule has 0 aliphatic heterocycles. The van der Waals surface area contributed by atoms with Crippen molar-refractivity contribution in [3.05, 3.63) is 18.2 Å². The second-order valence-corrected chi connectivity index (χ2v) is 4.77. The molecule has 1 aromatic rings. The maximum atomic E-state index is 4.21. The highest BCUT2D eigenvalue weighted by Gasteiger charge is 2.02. The minimum absolute atomic E-state index is 0.519. The number of hydrogen-bond acceptors (Lipinski definition) is 3. The second kappa shape index (κ2) is 6.66. The summed E-state index contributed by atoms with van der Waals surface area (Å²) in [7, 11) is 4.21. The molecule has 1 rings (SSSR count). The van der Waals surface area contributed by atoms with Crippen LogP contribution in [0.1, 0.15) is 26.0 Å². The lowest BCUT2D eigenvalue weighted by Crippen LogP contribution is -2.23. The van der Waals surface area contributed by atoms with E-state index in [4.69, 9.17) is 0 Å². The van der Waals surface area contributed by atoms with Crippen LogP contribution < -0.4 is 5.32 Å². The van der Waals surface area contributed by atoms with E-state index in [1.54, 1.807) is 0 Å². The summed E-state index contributed by atoms with van der Waals surface area (Å²) in [6.07, 6.45) is 5.04. The summed E-state index contributed by atoms with van der Waals surface area (Å²) in [5.41, 5.74) is 1.27. The smallest absolute Gasteiger partial charge is 0.0948 e. The molecule has 0 fully saturated rings. The highest BCUT2D eigenvalue weighted by Crippen LogP contribution is 2.01. The van der Waals surface area contributed by atoms with Crippen LogP contribution in [0.15, 0.2) is 12.5 Å². The number of imidazole rings is 1. The van der Waals surface area contributed by atoms with Crippen molar-refractivity contribution < 1.29 is 0 Å². The fourth-order valence-corrected chi connectivity index (χ4v) is 1.56. The molecule has 4 heteroatoms. The Balaban J connectivity index is 2.38. The minimum atomic E-state index is 0.519. The molecular formula is C12H24N4. The topological polar surface area (TPSA) is 33.1 Å². The zero-order valence-electron chi connectivity index (χ0n) is 10.9. The van der Waals surface area contributed by atoms with E-state index < -0.39 is 0 Å². The number of aryl methyl sites for hydroxylation is 1. The van der Waals surface area contributed by atoms with Crippen molar-refractivity contribution in [3.8, 4) is 0 Å². The molecule has 0 amide bonds. The molecule has 0 bridgehead atoms. The van der Waals surface area contributed by atoms with Crippen LogP contribution in [0.4, 0.5) is 0 Å². The minimum Gasteiger partial charge on any atom is -0.333 e. The zero-order valence-corrected chi connectivity index (χ0v) is 10.9. The molecule has 16 heavy (non-hydrogen) atoms. The molecule has 0 aliphatic rings. The maximum Gasteiger partial charge on any atom is 0.0948 e. The molecule has 0 saturated heterocycles. The van der Waals surface area contributed by atoms with Gasteiger partial charge in [-0.25, -0.2) is 4.98 Å². The predicted molar refractivity (Wildman–Crippen MR) is 67.4 cm³/mol. The lowest BCUT2D eigenvalue weighted by Gasteiger charge is -2.13. The number of nitrogens with zero attached hydrogens (tertiary/aromatic N) is 3. The monoisotopic (exact) mass is 224 g/mol. The van der Waals surface area contributed by atoms with Crippen LogP contribution in [-0.4, -0.2) is 41.1 Å². The first-order valence-corrected chi connectivity index (χ1v) is 5.96. The Kier molecular flexibility index (Phi) is 5.49. The molecule has 0 saturated carbocycles. The van der Waals surface area contributed by atoms with Gasteiger partial charge in [0, 0.05) is 25.3 Å². The van der Waals surface area contributed by atoms with Gasteiger partial charge in [-0.2, -0.15) is 0 Å². The maximum absolute atomic E-state index is 4.21. The Labute approximate surface area is 98.7 Å². The van der Waals surface area contributed by atoms with E-state index in [-0.39, 0.29) is 0 Å². The van der Waals surface area contributed by atoms with Crippen molar-refractivity contribution in [2.24, 2.45) is 0 Å². The van der Waals surface area contributed by atoms with Gasteiger partial charge >= 0.3 is 0 Å². The average Bonchev–Trinajstić information content (AvgIpc) is 2.62. The largest absolute Gasteiger partial charge is 0.333 e. The predicted octanol–water partition coefficient (Wildman–Crippen LogP) is 1.33. The summed E-state index contributed by atoms with van der Waals surface area (Å²) in [5, 5.41) is 3.42. The highest BCUT2D eigenvalue weighted by atomic mass is 15.1. The van der Waals surface area contributed by atoms with Crippen molar-refractivity contribution in [3.63, 3.8) is 0 Å². The van der Waals surface area contributed by atoms with Gasteiger partial charge in [-0.3, -0.25) is 0 Å². The van der Waals surface area contributed by atoms with Gasteiger partial charge in [0.15, 0.2) is 0 Å². The molecule has 1 N–H and O–H groups in total. The van der Waals surface area contributed by atoms with Crippen LogP contribution in [0.5, 0.6) is 0 Å². The number of nitrogens with one attached hydrogen (secondary N) is 1. The Hall–Kier alpha value is -0.870. The number of rotatable bonds is 7. The van der Waals surface area contributed by atoms with Gasteiger partial charge in [-0.15, -0.1) is 0 Å². The van der Waals surface area contributed by atoms with Gasteiger partial charge in [0.05, 0.1) is 12.0 Å². The van der Waals surface area contributed by atoms with Crippen molar-refractivity contribution in [1.29, 1.82) is 0 Å². The second-order valence-electron chi connectivity index (χ2n) is 4.77. The van der Waals surface area contributed by atoms with Crippen LogP contribution in [0.25, 0.3) is 0 Å². The van der Waals surface area contributed by atoms with Crippen molar-refractivity contribution in [2.45, 2.75) is 39.4 Å². The van der Waals surface area contributed by atoms with Gasteiger partial charge in [0.2, 0.25) is 0 Å². The van der Waals surface area contributed by atoms with E-state index in [1.165, 1.54) is 5.69 Å². The van der Waals surface area contributed by atoms with Crippen LogP contribution in [0.2, 0.25) is 0 Å². The summed E-state index contributed by atoms with van der Waals surface area (Å²) in [6, 6.07) is 0.519. The number of aromatic nitrogens is 2. The molecule has 1 heterocycles. The molecule has 0 unspecified atom stereocenters. The van der Waals surface area contributed by atoms with Crippen molar-refractivity contribution in [1.82, 2.24) is 19.8 Å². The van der Waals surface area contributed by atoms with E-state index >= 15 is 0 Å². The Bertz CT molecular complexity index is 291. The van der Waals surface area contributed by atoms with Gasteiger partial charge < -0.3 is 14.8 Å². The third kappa shape index (κ3) is 4.77. The molecule has 0 radical (unpaired) electrons. The standard InChI is InChI=1S/C12H24N4/c1-11(2)14-9-12-8-13-10-16(12)7-5-6-15(3)4/h8,10-11,14H,5-7,9H2,1-4H3. The first-order chi connectivity index (χ1) is 7.59. The lowest BCUT2D eigenvalue weighted by molar-refractivity contribution is 0.384. The molecular weight excluding hydrogens is 200 g/mol. The lowest BCUT2D eigenvalue weighted by atomic mass is 10.3. The van der Waals surface area contributed by atoms with E-state index in [2.05, 4.69) is 47.7 Å².